The second-order valence-corrected chi connectivity index (χ2v) is 7.08. The van der Waals surface area contributed by atoms with Gasteiger partial charge in [0.25, 0.3) is 0 Å². The van der Waals surface area contributed by atoms with E-state index in [1.165, 1.54) is 0 Å². The summed E-state index contributed by atoms with van der Waals surface area (Å²) in [6, 6.07) is 11.8. The van der Waals surface area contributed by atoms with E-state index in [4.69, 9.17) is 4.52 Å². The Kier molecular flexibility index (Phi) is 5.32. The fraction of sp³-hybridized carbons (Fsp3) is 0.333. The maximum atomic E-state index is 12.7. The molecule has 2 aromatic heterocycles. The lowest BCUT2D eigenvalue weighted by Crippen LogP contribution is -2.44. The van der Waals surface area contributed by atoms with Gasteiger partial charge in [-0.3, -0.25) is 0 Å². The summed E-state index contributed by atoms with van der Waals surface area (Å²) in [5.41, 5.74) is 3.66. The number of nitrogens with one attached hydrogen (secondary N) is 1. The fourth-order valence-corrected chi connectivity index (χ4v) is 3.61. The van der Waals surface area contributed by atoms with Crippen LogP contribution in [0.2, 0.25) is 0 Å². The quantitative estimate of drug-likeness (QED) is 0.752. The topological polar surface area (TPSA) is 84.2 Å². The summed E-state index contributed by atoms with van der Waals surface area (Å²) < 4.78 is 5.42. The molecular formula is C21H23N5O2. The van der Waals surface area contributed by atoms with Gasteiger partial charge < -0.3 is 14.7 Å². The molecule has 3 aromatic rings. The highest BCUT2D eigenvalue weighted by Gasteiger charge is 2.28. The second kappa shape index (κ2) is 8.21. The number of carbonyl (C=O) groups excluding carboxylic acids is 1. The molecule has 1 aliphatic heterocycles. The molecule has 0 radical (unpaired) electrons. The molecule has 1 N–H and O–H groups in total. The first kappa shape index (κ1) is 18.2. The highest BCUT2D eigenvalue weighted by molar-refractivity contribution is 5.74. The maximum absolute atomic E-state index is 12.7. The molecule has 1 aromatic carbocycles. The van der Waals surface area contributed by atoms with Crippen LogP contribution in [0.1, 0.15) is 35.7 Å². The van der Waals surface area contributed by atoms with Crippen LogP contribution < -0.4 is 5.32 Å². The summed E-state index contributed by atoms with van der Waals surface area (Å²) in [5, 5.41) is 6.99. The van der Waals surface area contributed by atoms with Crippen molar-refractivity contribution in [3.63, 3.8) is 0 Å². The number of aryl methyl sites for hydroxylation is 1. The highest BCUT2D eigenvalue weighted by Crippen LogP contribution is 2.32. The van der Waals surface area contributed by atoms with Gasteiger partial charge in [0.05, 0.1) is 17.0 Å². The molecule has 0 saturated carbocycles. The van der Waals surface area contributed by atoms with E-state index in [1.54, 1.807) is 12.5 Å². The molecule has 28 heavy (non-hydrogen) atoms. The Morgan fingerprint density at radius 2 is 2.18 bits per heavy atom. The van der Waals surface area contributed by atoms with Gasteiger partial charge >= 0.3 is 6.03 Å². The minimum absolute atomic E-state index is 0.0420. The third kappa shape index (κ3) is 4.03. The third-order valence-electron chi connectivity index (χ3n) is 5.02. The Morgan fingerprint density at radius 3 is 2.96 bits per heavy atom. The van der Waals surface area contributed by atoms with Crippen LogP contribution in [-0.2, 0) is 6.54 Å². The van der Waals surface area contributed by atoms with Crippen molar-refractivity contribution in [1.82, 2.24) is 25.3 Å². The average molecular weight is 377 g/mol. The van der Waals surface area contributed by atoms with E-state index < -0.39 is 0 Å². The molecule has 0 aliphatic carbocycles. The number of piperidine rings is 1. The SMILES string of the molecule is Cc1cc(-c2cncnc2C2CCCN(C(=O)NCc3ccccc3)C2)on1. The minimum Gasteiger partial charge on any atom is -0.356 e. The van der Waals surface area contributed by atoms with Gasteiger partial charge in [-0.05, 0) is 25.3 Å². The number of rotatable bonds is 4. The molecule has 1 saturated heterocycles. The van der Waals surface area contributed by atoms with E-state index in [0.717, 1.165) is 41.9 Å². The van der Waals surface area contributed by atoms with Gasteiger partial charge in [0.15, 0.2) is 5.76 Å². The fourth-order valence-electron chi connectivity index (χ4n) is 3.61. The Hall–Kier alpha value is -3.22. The van der Waals surface area contributed by atoms with Crippen LogP contribution in [0.15, 0.2) is 53.4 Å². The molecule has 3 heterocycles. The lowest BCUT2D eigenvalue weighted by molar-refractivity contribution is 0.178. The van der Waals surface area contributed by atoms with Crippen molar-refractivity contribution in [2.45, 2.75) is 32.2 Å². The summed E-state index contributed by atoms with van der Waals surface area (Å²) in [6.45, 7) is 3.78. The molecular weight excluding hydrogens is 354 g/mol. The van der Waals surface area contributed by atoms with Crippen molar-refractivity contribution >= 4 is 6.03 Å². The first-order chi connectivity index (χ1) is 13.7. The number of likely N-dealkylation sites (tertiary alicyclic amines) is 1. The van der Waals surface area contributed by atoms with Crippen molar-refractivity contribution in [3.05, 3.63) is 65.9 Å². The average Bonchev–Trinajstić information content (AvgIpc) is 3.19. The molecule has 4 rings (SSSR count). The molecule has 144 valence electrons. The standard InChI is InChI=1S/C21H23N5O2/c1-15-10-19(28-25-15)18-12-22-14-24-20(18)17-8-5-9-26(13-17)21(27)23-11-16-6-3-2-4-7-16/h2-4,6-7,10,12,14,17H,5,8-9,11,13H2,1H3,(H,23,27). The second-order valence-electron chi connectivity index (χ2n) is 7.08. The van der Waals surface area contributed by atoms with Gasteiger partial charge in [-0.15, -0.1) is 0 Å². The van der Waals surface area contributed by atoms with Crippen molar-refractivity contribution in [2.24, 2.45) is 0 Å². The first-order valence-electron chi connectivity index (χ1n) is 9.51. The molecule has 1 aliphatic rings. The Bertz CT molecular complexity index is 941. The molecule has 1 unspecified atom stereocenters. The molecule has 0 bridgehead atoms. The number of benzene rings is 1. The summed E-state index contributed by atoms with van der Waals surface area (Å²) >= 11 is 0. The van der Waals surface area contributed by atoms with Gasteiger partial charge in [0.2, 0.25) is 0 Å². The maximum Gasteiger partial charge on any atom is 0.317 e. The van der Waals surface area contributed by atoms with Gasteiger partial charge in [-0.1, -0.05) is 35.5 Å². The molecule has 2 amide bonds. The number of carbonyl (C=O) groups is 1. The number of urea groups is 1. The van der Waals surface area contributed by atoms with Crippen molar-refractivity contribution in [1.29, 1.82) is 0 Å². The molecule has 7 heteroatoms. The smallest absolute Gasteiger partial charge is 0.317 e. The Labute approximate surface area is 163 Å². The zero-order valence-corrected chi connectivity index (χ0v) is 15.8. The Balaban J connectivity index is 1.46. The number of hydrogen-bond donors (Lipinski definition) is 1. The number of amides is 2. The van der Waals surface area contributed by atoms with E-state index in [2.05, 4.69) is 20.4 Å². The summed E-state index contributed by atoms with van der Waals surface area (Å²) in [6.07, 6.45) is 5.22. The van der Waals surface area contributed by atoms with Crippen LogP contribution in [0, 0.1) is 6.92 Å². The largest absolute Gasteiger partial charge is 0.356 e. The third-order valence-corrected chi connectivity index (χ3v) is 5.02. The summed E-state index contributed by atoms with van der Waals surface area (Å²) in [4.78, 5) is 23.2. The molecule has 7 nitrogen and oxygen atoms in total. The number of hydrogen-bond acceptors (Lipinski definition) is 5. The van der Waals surface area contributed by atoms with E-state index in [0.29, 0.717) is 18.8 Å². The number of nitrogens with zero attached hydrogens (tertiary/aromatic N) is 4. The van der Waals surface area contributed by atoms with Crippen LogP contribution in [0.5, 0.6) is 0 Å². The summed E-state index contributed by atoms with van der Waals surface area (Å²) in [7, 11) is 0. The molecule has 0 spiro atoms. The van der Waals surface area contributed by atoms with Gasteiger partial charge in [0.1, 0.15) is 6.33 Å². The number of aromatic nitrogens is 3. The van der Waals surface area contributed by atoms with E-state index in [9.17, 15) is 4.79 Å². The van der Waals surface area contributed by atoms with Crippen molar-refractivity contribution in [2.75, 3.05) is 13.1 Å². The van der Waals surface area contributed by atoms with Crippen LogP contribution >= 0.6 is 0 Å². The van der Waals surface area contributed by atoms with E-state index in [1.807, 2.05) is 48.2 Å². The van der Waals surface area contributed by atoms with Gasteiger partial charge in [-0.25, -0.2) is 14.8 Å². The van der Waals surface area contributed by atoms with Crippen LogP contribution in [0.25, 0.3) is 11.3 Å². The van der Waals surface area contributed by atoms with Crippen LogP contribution in [0.3, 0.4) is 0 Å². The Morgan fingerprint density at radius 1 is 1.32 bits per heavy atom. The molecule has 1 fully saturated rings. The minimum atomic E-state index is -0.0420. The normalized spacial score (nSPS) is 16.8. The summed E-state index contributed by atoms with van der Waals surface area (Å²) in [5.74, 6) is 0.804. The zero-order valence-electron chi connectivity index (χ0n) is 15.8. The first-order valence-corrected chi connectivity index (χ1v) is 9.51. The highest BCUT2D eigenvalue weighted by atomic mass is 16.5. The predicted octanol–water partition coefficient (Wildman–Crippen LogP) is 3.53. The lowest BCUT2D eigenvalue weighted by atomic mass is 9.91. The lowest BCUT2D eigenvalue weighted by Gasteiger charge is -2.33. The zero-order chi connectivity index (χ0) is 19.3. The van der Waals surface area contributed by atoms with E-state index >= 15 is 0 Å². The molecule has 1 atom stereocenters. The van der Waals surface area contributed by atoms with Crippen LogP contribution in [-0.4, -0.2) is 39.1 Å². The van der Waals surface area contributed by atoms with Crippen LogP contribution in [0.4, 0.5) is 4.79 Å². The van der Waals surface area contributed by atoms with E-state index in [-0.39, 0.29) is 11.9 Å². The van der Waals surface area contributed by atoms with Gasteiger partial charge in [-0.2, -0.15) is 0 Å². The van der Waals surface area contributed by atoms with Crippen molar-refractivity contribution in [3.8, 4) is 11.3 Å². The predicted molar refractivity (Wildman–Crippen MR) is 104 cm³/mol. The van der Waals surface area contributed by atoms with Gasteiger partial charge in [0, 0.05) is 37.8 Å². The monoisotopic (exact) mass is 377 g/mol. The van der Waals surface area contributed by atoms with Crippen molar-refractivity contribution < 1.29 is 9.32 Å².